The molecule has 0 fully saturated rings. The molecule has 44 heavy (non-hydrogen) atoms. The molecule has 0 spiro atoms. The van der Waals surface area contributed by atoms with Crippen molar-refractivity contribution >= 4 is 34.8 Å². The number of anilines is 1. The van der Waals surface area contributed by atoms with Crippen LogP contribution in [-0.2, 0) is 13.0 Å². The number of carbonyl (C=O) groups excluding carboxylic acids is 2. The number of alkyl halides is 1. The SMILES string of the molecule is CCCNC(=O)c1ccc(-c2cc3c(cc2C(=O)Nc2ccc(CN)cc2OCCF)-c2sccc2CCO3)c(C(=O)O)n1. The first kappa shape index (κ1) is 30.6. The molecule has 228 valence electrons. The van der Waals surface area contributed by atoms with Gasteiger partial charge in [0, 0.05) is 46.6 Å². The summed E-state index contributed by atoms with van der Waals surface area (Å²) in [7, 11) is 0. The largest absolute Gasteiger partial charge is 0.493 e. The van der Waals surface area contributed by atoms with Crippen molar-refractivity contribution in [2.75, 3.05) is 31.7 Å². The summed E-state index contributed by atoms with van der Waals surface area (Å²) >= 11 is 1.51. The number of carboxylic acids is 1. The molecule has 2 amide bonds. The highest BCUT2D eigenvalue weighted by Crippen LogP contribution is 2.43. The number of carbonyl (C=O) groups is 3. The first-order chi connectivity index (χ1) is 21.3. The van der Waals surface area contributed by atoms with Gasteiger partial charge in [0.1, 0.15) is 30.5 Å². The fraction of sp³-hybridized carbons (Fsp3) is 0.250. The molecule has 12 heteroatoms. The van der Waals surface area contributed by atoms with E-state index < -0.39 is 30.2 Å². The van der Waals surface area contributed by atoms with Gasteiger partial charge in [-0.05, 0) is 65.4 Å². The lowest BCUT2D eigenvalue weighted by molar-refractivity contribution is 0.0691. The van der Waals surface area contributed by atoms with E-state index in [0.29, 0.717) is 37.3 Å². The lowest BCUT2D eigenvalue weighted by Gasteiger charge is -2.18. The molecule has 2 aromatic heterocycles. The van der Waals surface area contributed by atoms with Gasteiger partial charge >= 0.3 is 5.97 Å². The van der Waals surface area contributed by atoms with Crippen molar-refractivity contribution in [2.24, 2.45) is 5.73 Å². The average Bonchev–Trinajstić information content (AvgIpc) is 3.43. The molecule has 0 bridgehead atoms. The zero-order valence-corrected chi connectivity index (χ0v) is 24.8. The number of aromatic nitrogens is 1. The van der Waals surface area contributed by atoms with Crippen LogP contribution in [0.1, 0.15) is 55.8 Å². The molecule has 0 saturated heterocycles. The number of nitrogens with zero attached hydrogens (tertiary/aromatic N) is 1. The van der Waals surface area contributed by atoms with Crippen LogP contribution in [-0.4, -0.2) is 54.3 Å². The van der Waals surface area contributed by atoms with E-state index in [2.05, 4.69) is 15.6 Å². The lowest BCUT2D eigenvalue weighted by Crippen LogP contribution is -2.25. The third-order valence-corrected chi connectivity index (χ3v) is 8.00. The van der Waals surface area contributed by atoms with Crippen LogP contribution >= 0.6 is 11.3 Å². The second-order valence-corrected chi connectivity index (χ2v) is 10.9. The molecule has 5 rings (SSSR count). The van der Waals surface area contributed by atoms with Crippen LogP contribution in [0, 0.1) is 0 Å². The number of aromatic carboxylic acids is 1. The zero-order chi connectivity index (χ0) is 31.2. The predicted molar refractivity (Wildman–Crippen MR) is 166 cm³/mol. The van der Waals surface area contributed by atoms with Crippen LogP contribution in [0.4, 0.5) is 10.1 Å². The molecular weight excluding hydrogens is 587 g/mol. The molecule has 5 N–H and O–H groups in total. The average molecular weight is 619 g/mol. The molecule has 1 aliphatic heterocycles. The molecule has 4 aromatic rings. The van der Waals surface area contributed by atoms with Crippen LogP contribution < -0.4 is 25.8 Å². The van der Waals surface area contributed by atoms with Crippen molar-refractivity contribution < 1.29 is 33.4 Å². The summed E-state index contributed by atoms with van der Waals surface area (Å²) in [5.41, 5.74) is 8.60. The highest BCUT2D eigenvalue weighted by atomic mass is 32.1. The number of nitrogens with one attached hydrogen (secondary N) is 2. The van der Waals surface area contributed by atoms with Crippen molar-refractivity contribution in [3.63, 3.8) is 0 Å². The Morgan fingerprint density at radius 3 is 2.68 bits per heavy atom. The minimum absolute atomic E-state index is 0.0607. The van der Waals surface area contributed by atoms with Gasteiger partial charge in [-0.15, -0.1) is 11.3 Å². The summed E-state index contributed by atoms with van der Waals surface area (Å²) in [6.45, 7) is 1.97. The van der Waals surface area contributed by atoms with Crippen molar-refractivity contribution in [2.45, 2.75) is 26.3 Å². The summed E-state index contributed by atoms with van der Waals surface area (Å²) in [4.78, 5) is 44.2. The minimum atomic E-state index is -1.37. The monoisotopic (exact) mass is 618 g/mol. The molecule has 10 nitrogen and oxygen atoms in total. The Balaban J connectivity index is 1.65. The molecule has 0 aliphatic carbocycles. The zero-order valence-electron chi connectivity index (χ0n) is 23.9. The van der Waals surface area contributed by atoms with Crippen LogP contribution in [0.2, 0.25) is 0 Å². The lowest BCUT2D eigenvalue weighted by atomic mass is 9.93. The number of amides is 2. The summed E-state index contributed by atoms with van der Waals surface area (Å²) in [6, 6.07) is 13.2. The number of fused-ring (bicyclic) bond motifs is 3. The first-order valence-corrected chi connectivity index (χ1v) is 15.0. The van der Waals surface area contributed by atoms with E-state index in [0.717, 1.165) is 16.0 Å². The topological polar surface area (TPSA) is 153 Å². The number of ether oxygens (including phenoxy) is 2. The third kappa shape index (κ3) is 6.41. The van der Waals surface area contributed by atoms with Gasteiger partial charge in [-0.1, -0.05) is 13.0 Å². The standard InChI is InChI=1S/C32H31FN4O6S/c1-2-10-35-31(39)25-6-4-20(28(36-25)32(40)41)21-16-26-23(29-19(7-11-42-26)8-13-44-29)15-22(21)30(38)37-24-5-3-18(17-34)14-27(24)43-12-9-33/h3-6,8,13-16H,2,7,9-12,17,34H2,1H3,(H,35,39)(H,37,38)(H,40,41). The number of hydrogen-bond donors (Lipinski definition) is 4. The van der Waals surface area contributed by atoms with Crippen molar-refractivity contribution in [3.05, 3.63) is 82.0 Å². The Bertz CT molecular complexity index is 1720. The van der Waals surface area contributed by atoms with Crippen LogP contribution in [0.3, 0.4) is 0 Å². The maximum atomic E-state index is 14.1. The van der Waals surface area contributed by atoms with Crippen molar-refractivity contribution in [1.82, 2.24) is 10.3 Å². The van der Waals surface area contributed by atoms with Crippen LogP contribution in [0.5, 0.6) is 11.5 Å². The Morgan fingerprint density at radius 2 is 1.93 bits per heavy atom. The number of pyridine rings is 1. The summed E-state index contributed by atoms with van der Waals surface area (Å²) in [5, 5.41) is 17.6. The molecule has 1 aliphatic rings. The fourth-order valence-electron chi connectivity index (χ4n) is 4.88. The van der Waals surface area contributed by atoms with Gasteiger partial charge < -0.3 is 30.9 Å². The maximum absolute atomic E-state index is 14.1. The van der Waals surface area contributed by atoms with Crippen molar-refractivity contribution in [1.29, 1.82) is 0 Å². The van der Waals surface area contributed by atoms with Gasteiger partial charge in [0.25, 0.3) is 11.8 Å². The quantitative estimate of drug-likeness (QED) is 0.177. The van der Waals surface area contributed by atoms with Crippen LogP contribution in [0.25, 0.3) is 21.6 Å². The number of carboxylic acid groups (broad SMARTS) is 1. The normalized spacial score (nSPS) is 11.9. The molecule has 0 radical (unpaired) electrons. The summed E-state index contributed by atoms with van der Waals surface area (Å²) in [5.74, 6) is -1.72. The number of nitrogens with two attached hydrogens (primary N) is 1. The van der Waals surface area contributed by atoms with Gasteiger partial charge in [0.15, 0.2) is 5.69 Å². The van der Waals surface area contributed by atoms with E-state index in [9.17, 15) is 23.9 Å². The number of halogens is 1. The minimum Gasteiger partial charge on any atom is -0.493 e. The van der Waals surface area contributed by atoms with E-state index in [4.69, 9.17) is 15.2 Å². The molecular formula is C32H31FN4O6S. The second kappa shape index (κ2) is 13.7. The fourth-order valence-corrected chi connectivity index (χ4v) is 5.85. The highest BCUT2D eigenvalue weighted by molar-refractivity contribution is 7.13. The molecule has 0 saturated carbocycles. The van der Waals surface area contributed by atoms with E-state index >= 15 is 0 Å². The predicted octanol–water partition coefficient (Wildman–Crippen LogP) is 5.31. The molecule has 0 atom stereocenters. The van der Waals surface area contributed by atoms with E-state index in [-0.39, 0.29) is 47.0 Å². The van der Waals surface area contributed by atoms with Crippen molar-refractivity contribution in [3.8, 4) is 33.1 Å². The molecule has 2 aromatic carbocycles. The highest BCUT2D eigenvalue weighted by Gasteiger charge is 2.27. The first-order valence-electron chi connectivity index (χ1n) is 14.1. The van der Waals surface area contributed by atoms with Crippen LogP contribution in [0.15, 0.2) is 53.9 Å². The number of rotatable bonds is 11. The third-order valence-electron chi connectivity index (χ3n) is 7.01. The summed E-state index contributed by atoms with van der Waals surface area (Å²) in [6.07, 6.45) is 1.36. The smallest absolute Gasteiger partial charge is 0.355 e. The molecule has 3 heterocycles. The van der Waals surface area contributed by atoms with Gasteiger partial charge in [-0.25, -0.2) is 14.2 Å². The van der Waals surface area contributed by atoms with Gasteiger partial charge in [0.2, 0.25) is 0 Å². The van der Waals surface area contributed by atoms with Gasteiger partial charge in [-0.3, -0.25) is 9.59 Å². The van der Waals surface area contributed by atoms with E-state index in [1.54, 1.807) is 30.3 Å². The second-order valence-electron chi connectivity index (χ2n) is 9.95. The van der Waals surface area contributed by atoms with E-state index in [1.165, 1.54) is 23.5 Å². The Labute approximate surface area is 257 Å². The maximum Gasteiger partial charge on any atom is 0.355 e. The number of benzene rings is 2. The Morgan fingerprint density at radius 1 is 1.09 bits per heavy atom. The number of hydrogen-bond acceptors (Lipinski definition) is 8. The van der Waals surface area contributed by atoms with Gasteiger partial charge in [0.05, 0.1) is 12.3 Å². The Kier molecular flexibility index (Phi) is 9.51. The molecule has 0 unspecified atom stereocenters. The van der Waals surface area contributed by atoms with E-state index in [1.807, 2.05) is 18.4 Å². The summed E-state index contributed by atoms with van der Waals surface area (Å²) < 4.78 is 24.6. The Hall–Kier alpha value is -4.81. The van der Waals surface area contributed by atoms with Gasteiger partial charge in [-0.2, -0.15) is 0 Å². The number of thiophene rings is 1.